The molecule has 1 aliphatic rings. The molecule has 0 aromatic heterocycles. The van der Waals surface area contributed by atoms with Crippen molar-refractivity contribution < 1.29 is 19.4 Å². The number of ether oxygens (including phenoxy) is 3. The minimum Gasteiger partial charge on any atom is -0.493 e. The van der Waals surface area contributed by atoms with Gasteiger partial charge in [0.25, 0.3) is 0 Å². The average molecular weight is 356 g/mol. The van der Waals surface area contributed by atoms with E-state index in [0.717, 1.165) is 41.9 Å². The van der Waals surface area contributed by atoms with Crippen molar-refractivity contribution in [3.63, 3.8) is 0 Å². The van der Waals surface area contributed by atoms with Crippen molar-refractivity contribution in [3.8, 4) is 17.2 Å². The monoisotopic (exact) mass is 355 g/mol. The lowest BCUT2D eigenvalue weighted by Crippen LogP contribution is -2.47. The third-order valence-electron chi connectivity index (χ3n) is 4.87. The van der Waals surface area contributed by atoms with Crippen LogP contribution in [0.3, 0.4) is 0 Å². The molecule has 0 radical (unpaired) electrons. The molecule has 5 nitrogen and oxygen atoms in total. The summed E-state index contributed by atoms with van der Waals surface area (Å²) in [6, 6.07) is 1.94. The minimum atomic E-state index is -0.217. The topological polar surface area (TPSA) is 51.2 Å². The molecule has 24 heavy (non-hydrogen) atoms. The van der Waals surface area contributed by atoms with Crippen molar-refractivity contribution in [2.75, 3.05) is 27.1 Å². The molecule has 0 fully saturated rings. The van der Waals surface area contributed by atoms with E-state index in [9.17, 15) is 5.21 Å². The lowest BCUT2D eigenvalue weighted by atomic mass is 9.91. The molecular formula is C18H29NO4S. The average Bonchev–Trinajstić information content (AvgIpc) is 2.74. The Morgan fingerprint density at radius 1 is 1.17 bits per heavy atom. The molecule has 136 valence electrons. The van der Waals surface area contributed by atoms with Gasteiger partial charge in [-0.05, 0) is 24.5 Å². The van der Waals surface area contributed by atoms with E-state index in [0.29, 0.717) is 23.8 Å². The number of thioether (sulfide) groups is 1. The summed E-state index contributed by atoms with van der Waals surface area (Å²) < 4.78 is 16.6. The van der Waals surface area contributed by atoms with E-state index >= 15 is 0 Å². The van der Waals surface area contributed by atoms with E-state index < -0.39 is 0 Å². The van der Waals surface area contributed by atoms with Gasteiger partial charge in [-0.2, -0.15) is 5.06 Å². The number of unbranched alkanes of at least 4 members (excludes halogenated alkanes) is 1. The summed E-state index contributed by atoms with van der Waals surface area (Å²) in [5.41, 5.74) is 0.786. The highest BCUT2D eigenvalue weighted by Gasteiger charge is 2.38. The van der Waals surface area contributed by atoms with E-state index in [2.05, 4.69) is 13.8 Å². The Kier molecular flexibility index (Phi) is 6.66. The molecular weight excluding hydrogens is 326 g/mol. The maximum atomic E-state index is 10.8. The minimum absolute atomic E-state index is 0.217. The summed E-state index contributed by atoms with van der Waals surface area (Å²) in [4.78, 5) is 1.03. The molecule has 1 aromatic rings. The highest BCUT2D eigenvalue weighted by atomic mass is 32.2. The van der Waals surface area contributed by atoms with Crippen LogP contribution in [0.2, 0.25) is 0 Å². The number of hydroxylamine groups is 2. The fourth-order valence-electron chi connectivity index (χ4n) is 3.23. The number of rotatable bonds is 7. The predicted molar refractivity (Wildman–Crippen MR) is 96.7 cm³/mol. The first kappa shape index (κ1) is 19.2. The Morgan fingerprint density at radius 3 is 2.42 bits per heavy atom. The van der Waals surface area contributed by atoms with Crippen LogP contribution in [0, 0.1) is 0 Å². The molecule has 0 unspecified atom stereocenters. The zero-order chi connectivity index (χ0) is 17.7. The first-order valence-electron chi connectivity index (χ1n) is 8.48. The van der Waals surface area contributed by atoms with Crippen molar-refractivity contribution >= 4 is 11.8 Å². The number of hydrogen-bond acceptors (Lipinski definition) is 6. The molecule has 2 rings (SSSR count). The number of methoxy groups -OCH3 is 3. The molecule has 1 aliphatic heterocycles. The SMILES string of the molecule is CCCC[C@]1(CC)CSc2c(cc(OC)c(OC)c2OC)CN1O. The van der Waals surface area contributed by atoms with Crippen molar-refractivity contribution in [1.82, 2.24) is 5.06 Å². The highest BCUT2D eigenvalue weighted by Crippen LogP contribution is 2.50. The Morgan fingerprint density at radius 2 is 1.88 bits per heavy atom. The molecule has 0 saturated heterocycles. The molecule has 0 bridgehead atoms. The summed E-state index contributed by atoms with van der Waals surface area (Å²) >= 11 is 1.73. The van der Waals surface area contributed by atoms with Gasteiger partial charge in [0.2, 0.25) is 5.75 Å². The Balaban J connectivity index is 2.47. The lowest BCUT2D eigenvalue weighted by Gasteiger charge is -2.38. The van der Waals surface area contributed by atoms with Gasteiger partial charge < -0.3 is 19.4 Å². The second-order valence-electron chi connectivity index (χ2n) is 6.16. The van der Waals surface area contributed by atoms with Crippen LogP contribution in [0.1, 0.15) is 45.1 Å². The van der Waals surface area contributed by atoms with Crippen LogP contribution in [-0.4, -0.2) is 42.9 Å². The zero-order valence-electron chi connectivity index (χ0n) is 15.3. The van der Waals surface area contributed by atoms with Crippen LogP contribution in [0.4, 0.5) is 0 Å². The first-order valence-corrected chi connectivity index (χ1v) is 9.46. The van der Waals surface area contributed by atoms with E-state index in [1.54, 1.807) is 33.1 Å². The summed E-state index contributed by atoms with van der Waals surface area (Å²) in [5.74, 6) is 2.74. The van der Waals surface area contributed by atoms with Crippen molar-refractivity contribution in [3.05, 3.63) is 11.6 Å². The second-order valence-corrected chi connectivity index (χ2v) is 7.15. The highest BCUT2D eigenvalue weighted by molar-refractivity contribution is 7.99. The summed E-state index contributed by atoms with van der Waals surface area (Å²) in [7, 11) is 4.87. The van der Waals surface area contributed by atoms with Crippen molar-refractivity contribution in [1.29, 1.82) is 0 Å². The van der Waals surface area contributed by atoms with Crippen LogP contribution in [0.15, 0.2) is 11.0 Å². The first-order chi connectivity index (χ1) is 11.6. The Hall–Kier alpha value is -1.11. The van der Waals surface area contributed by atoms with Gasteiger partial charge in [0.1, 0.15) is 0 Å². The van der Waals surface area contributed by atoms with E-state index in [1.165, 1.54) is 5.06 Å². The fourth-order valence-corrected chi connectivity index (χ4v) is 4.76. The zero-order valence-corrected chi connectivity index (χ0v) is 16.2. The molecule has 0 amide bonds. The number of benzene rings is 1. The predicted octanol–water partition coefficient (Wildman–Crippen LogP) is 4.35. The van der Waals surface area contributed by atoms with Crippen LogP contribution in [0.25, 0.3) is 0 Å². The van der Waals surface area contributed by atoms with Crippen LogP contribution < -0.4 is 14.2 Å². The van der Waals surface area contributed by atoms with Gasteiger partial charge in [0, 0.05) is 5.75 Å². The number of nitrogens with zero attached hydrogens (tertiary/aromatic N) is 1. The van der Waals surface area contributed by atoms with Crippen LogP contribution in [0.5, 0.6) is 17.2 Å². The van der Waals surface area contributed by atoms with Gasteiger partial charge in [0.05, 0.1) is 38.3 Å². The number of hydrogen-bond donors (Lipinski definition) is 1. The normalized spacial score (nSPS) is 21.1. The van der Waals surface area contributed by atoms with E-state index in [-0.39, 0.29) is 5.54 Å². The number of fused-ring (bicyclic) bond motifs is 1. The fraction of sp³-hybridized carbons (Fsp3) is 0.667. The van der Waals surface area contributed by atoms with E-state index in [4.69, 9.17) is 14.2 Å². The smallest absolute Gasteiger partial charge is 0.204 e. The maximum absolute atomic E-state index is 10.8. The van der Waals surface area contributed by atoms with Gasteiger partial charge in [-0.1, -0.05) is 26.7 Å². The van der Waals surface area contributed by atoms with Gasteiger partial charge in [-0.15, -0.1) is 11.8 Å². The van der Waals surface area contributed by atoms with Gasteiger partial charge >= 0.3 is 0 Å². The largest absolute Gasteiger partial charge is 0.493 e. The van der Waals surface area contributed by atoms with Crippen LogP contribution in [-0.2, 0) is 6.54 Å². The van der Waals surface area contributed by atoms with E-state index in [1.807, 2.05) is 6.07 Å². The quantitative estimate of drug-likeness (QED) is 0.785. The molecule has 1 atom stereocenters. The Labute approximate surface area is 149 Å². The maximum Gasteiger partial charge on any atom is 0.204 e. The summed E-state index contributed by atoms with van der Waals surface area (Å²) in [6.07, 6.45) is 4.11. The molecule has 1 heterocycles. The third-order valence-corrected chi connectivity index (χ3v) is 6.29. The lowest BCUT2D eigenvalue weighted by molar-refractivity contribution is -0.178. The molecule has 0 spiro atoms. The summed E-state index contributed by atoms with van der Waals surface area (Å²) in [6.45, 7) is 4.78. The van der Waals surface area contributed by atoms with Crippen molar-refractivity contribution in [2.45, 2.75) is 56.5 Å². The second kappa shape index (κ2) is 8.32. The molecule has 1 N–H and O–H groups in total. The molecule has 1 aromatic carbocycles. The molecule has 0 saturated carbocycles. The van der Waals surface area contributed by atoms with Gasteiger partial charge in [-0.3, -0.25) is 0 Å². The van der Waals surface area contributed by atoms with Gasteiger partial charge in [-0.25, -0.2) is 0 Å². The molecule has 6 heteroatoms. The standard InChI is InChI=1S/C18H29NO4S/c1-6-8-9-18(7-2)12-24-17-13(11-19(18)20)10-14(21-3)15(22-4)16(17)23-5/h10,20H,6-9,11-12H2,1-5H3/t18-/m1/s1. The summed E-state index contributed by atoms with van der Waals surface area (Å²) in [5, 5.41) is 12.4. The van der Waals surface area contributed by atoms with Crippen molar-refractivity contribution in [2.24, 2.45) is 0 Å². The third kappa shape index (κ3) is 3.46. The van der Waals surface area contributed by atoms with Crippen LogP contribution >= 0.6 is 11.8 Å². The van der Waals surface area contributed by atoms with Gasteiger partial charge in [0.15, 0.2) is 11.5 Å². The molecule has 0 aliphatic carbocycles. The Bertz CT molecular complexity index is 566.